The summed E-state index contributed by atoms with van der Waals surface area (Å²) in [6.07, 6.45) is 0.0526. The maximum absolute atomic E-state index is 13.2. The van der Waals surface area contributed by atoms with E-state index >= 15 is 0 Å². The molecule has 10 heteroatoms. The molecule has 4 rings (SSSR count). The van der Waals surface area contributed by atoms with Crippen molar-refractivity contribution in [1.29, 1.82) is 0 Å². The molecule has 3 N–H and O–H groups in total. The molecule has 10 nitrogen and oxygen atoms in total. The van der Waals surface area contributed by atoms with Crippen molar-refractivity contribution < 1.29 is 29.3 Å². The number of aromatic amines is 1. The standard InChI is InChI=1S/C28H28N4O6/c1-17(2)15-37-22-9-10-23(24(33)14-22)27(36)21-7-11-25(20(13-21)8-12-26(34)35)38-16-18-3-5-19(6-4-18)28-29-31-32-30-28/h3-7,9-11,13-14,17,33H,8,12,15-16H2,1-2H3,(H,34,35)(H,29,30,31,32). The normalized spacial score (nSPS) is 10.9. The summed E-state index contributed by atoms with van der Waals surface area (Å²) in [6.45, 7) is 4.75. The van der Waals surface area contributed by atoms with Crippen molar-refractivity contribution in [2.45, 2.75) is 33.3 Å². The minimum absolute atomic E-state index is 0.124. The highest BCUT2D eigenvalue weighted by Crippen LogP contribution is 2.29. The molecule has 0 atom stereocenters. The molecule has 4 aromatic rings. The number of nitrogens with zero attached hydrogens (tertiary/aromatic N) is 3. The maximum Gasteiger partial charge on any atom is 0.303 e. The molecule has 3 aromatic carbocycles. The van der Waals surface area contributed by atoms with Crippen molar-refractivity contribution in [2.24, 2.45) is 5.92 Å². The Morgan fingerprint density at radius 1 is 1.00 bits per heavy atom. The number of hydrogen-bond donors (Lipinski definition) is 3. The molecule has 0 saturated heterocycles. The van der Waals surface area contributed by atoms with Crippen LogP contribution in [0.15, 0.2) is 60.7 Å². The number of hydrogen-bond acceptors (Lipinski definition) is 8. The molecule has 38 heavy (non-hydrogen) atoms. The number of ketones is 1. The van der Waals surface area contributed by atoms with E-state index in [1.54, 1.807) is 24.3 Å². The largest absolute Gasteiger partial charge is 0.507 e. The molecule has 0 aliphatic carbocycles. The Labute approximate surface area is 219 Å². The fourth-order valence-electron chi connectivity index (χ4n) is 3.71. The third-order valence-electron chi connectivity index (χ3n) is 5.68. The number of rotatable bonds is 12. The van der Waals surface area contributed by atoms with Crippen LogP contribution in [0, 0.1) is 5.92 Å². The van der Waals surface area contributed by atoms with Crippen LogP contribution in [0.3, 0.4) is 0 Å². The molecular formula is C28H28N4O6. The summed E-state index contributed by atoms with van der Waals surface area (Å²) in [5.41, 5.74) is 2.70. The highest BCUT2D eigenvalue weighted by molar-refractivity contribution is 6.11. The SMILES string of the molecule is CC(C)COc1ccc(C(=O)c2ccc(OCc3ccc(-c4nn[nH]n4)cc3)c(CCC(=O)O)c2)c(O)c1. The lowest BCUT2D eigenvalue weighted by Gasteiger charge is -2.14. The molecule has 0 radical (unpaired) electrons. The van der Waals surface area contributed by atoms with Crippen molar-refractivity contribution in [3.8, 4) is 28.6 Å². The van der Waals surface area contributed by atoms with Gasteiger partial charge in [-0.3, -0.25) is 9.59 Å². The number of H-pyrrole nitrogens is 1. The van der Waals surface area contributed by atoms with E-state index in [0.29, 0.717) is 41.0 Å². The number of carboxylic acids is 1. The molecule has 0 saturated carbocycles. The monoisotopic (exact) mass is 516 g/mol. The summed E-state index contributed by atoms with van der Waals surface area (Å²) in [5, 5.41) is 33.5. The van der Waals surface area contributed by atoms with Crippen LogP contribution in [0.2, 0.25) is 0 Å². The van der Waals surface area contributed by atoms with Crippen LogP contribution >= 0.6 is 0 Å². The van der Waals surface area contributed by atoms with E-state index in [-0.39, 0.29) is 30.8 Å². The van der Waals surface area contributed by atoms with E-state index in [9.17, 15) is 19.8 Å². The summed E-state index contributed by atoms with van der Waals surface area (Å²) in [5.74, 6) is 0.220. The van der Waals surface area contributed by atoms with Crippen LogP contribution < -0.4 is 9.47 Å². The van der Waals surface area contributed by atoms with Gasteiger partial charge in [-0.25, -0.2) is 0 Å². The quantitative estimate of drug-likeness (QED) is 0.233. The second kappa shape index (κ2) is 12.0. The summed E-state index contributed by atoms with van der Waals surface area (Å²) in [6, 6.07) is 16.9. The molecule has 0 spiro atoms. The Kier molecular flexibility index (Phi) is 8.32. The molecule has 1 heterocycles. The number of aromatic nitrogens is 4. The number of carbonyl (C=O) groups is 2. The number of phenolic OH excluding ortho intramolecular Hbond substituents is 1. The molecule has 196 valence electrons. The first kappa shape index (κ1) is 26.3. The zero-order valence-corrected chi connectivity index (χ0v) is 21.0. The first-order valence-electron chi connectivity index (χ1n) is 12.1. The van der Waals surface area contributed by atoms with Crippen molar-refractivity contribution in [3.63, 3.8) is 0 Å². The highest BCUT2D eigenvalue weighted by Gasteiger charge is 2.17. The van der Waals surface area contributed by atoms with E-state index < -0.39 is 11.8 Å². The lowest BCUT2D eigenvalue weighted by Crippen LogP contribution is -2.07. The number of tetrazole rings is 1. The second-order valence-electron chi connectivity index (χ2n) is 9.15. The average Bonchev–Trinajstić information content (AvgIpc) is 3.45. The van der Waals surface area contributed by atoms with Crippen molar-refractivity contribution in [2.75, 3.05) is 6.61 Å². The maximum atomic E-state index is 13.2. The van der Waals surface area contributed by atoms with Crippen LogP contribution in [0.25, 0.3) is 11.4 Å². The Morgan fingerprint density at radius 2 is 1.79 bits per heavy atom. The number of ether oxygens (including phenoxy) is 2. The Hall–Kier alpha value is -4.73. The second-order valence-corrected chi connectivity index (χ2v) is 9.15. The lowest BCUT2D eigenvalue weighted by atomic mass is 9.98. The summed E-state index contributed by atoms with van der Waals surface area (Å²) >= 11 is 0. The summed E-state index contributed by atoms with van der Waals surface area (Å²) in [4.78, 5) is 24.4. The van der Waals surface area contributed by atoms with E-state index in [0.717, 1.165) is 11.1 Å². The molecule has 0 aliphatic heterocycles. The zero-order chi connectivity index (χ0) is 27.1. The first-order valence-corrected chi connectivity index (χ1v) is 12.1. The predicted octanol–water partition coefficient (Wildman–Crippen LogP) is 4.43. The third-order valence-corrected chi connectivity index (χ3v) is 5.68. The number of phenols is 1. The van der Waals surface area contributed by atoms with Crippen molar-refractivity contribution in [3.05, 3.63) is 82.9 Å². The lowest BCUT2D eigenvalue weighted by molar-refractivity contribution is -0.136. The van der Waals surface area contributed by atoms with Gasteiger partial charge in [-0.2, -0.15) is 5.21 Å². The first-order chi connectivity index (χ1) is 18.3. The summed E-state index contributed by atoms with van der Waals surface area (Å²) in [7, 11) is 0. The fourth-order valence-corrected chi connectivity index (χ4v) is 3.71. The van der Waals surface area contributed by atoms with E-state index in [4.69, 9.17) is 9.47 Å². The van der Waals surface area contributed by atoms with Gasteiger partial charge in [-0.15, -0.1) is 10.2 Å². The Bertz CT molecular complexity index is 1400. The number of carbonyl (C=O) groups excluding carboxylic acids is 1. The number of nitrogens with one attached hydrogen (secondary N) is 1. The topological polar surface area (TPSA) is 148 Å². The van der Waals surface area contributed by atoms with E-state index in [1.165, 1.54) is 12.1 Å². The smallest absolute Gasteiger partial charge is 0.303 e. The van der Waals surface area contributed by atoms with Crippen LogP contribution in [0.4, 0.5) is 0 Å². The van der Waals surface area contributed by atoms with E-state index in [1.807, 2.05) is 38.1 Å². The molecule has 0 bridgehead atoms. The molecule has 1 aromatic heterocycles. The van der Waals surface area contributed by atoms with Gasteiger partial charge in [0, 0.05) is 23.6 Å². The van der Waals surface area contributed by atoms with Gasteiger partial charge in [-0.1, -0.05) is 38.1 Å². The number of aliphatic carboxylic acids is 1. The molecule has 0 amide bonds. The van der Waals surface area contributed by atoms with Gasteiger partial charge in [-0.05, 0) is 59.0 Å². The zero-order valence-electron chi connectivity index (χ0n) is 21.0. The Balaban J connectivity index is 1.51. The molecular weight excluding hydrogens is 488 g/mol. The predicted molar refractivity (Wildman–Crippen MR) is 138 cm³/mol. The molecule has 0 unspecified atom stereocenters. The van der Waals surface area contributed by atoms with E-state index in [2.05, 4.69) is 20.6 Å². The van der Waals surface area contributed by atoms with Crippen LogP contribution in [0.1, 0.15) is 47.3 Å². The highest BCUT2D eigenvalue weighted by atomic mass is 16.5. The number of benzene rings is 3. The number of carboxylic acid groups (broad SMARTS) is 1. The molecule has 0 aliphatic rings. The number of aryl methyl sites for hydroxylation is 1. The van der Waals surface area contributed by atoms with Gasteiger partial charge in [0.15, 0.2) is 5.78 Å². The summed E-state index contributed by atoms with van der Waals surface area (Å²) < 4.78 is 11.6. The van der Waals surface area contributed by atoms with Gasteiger partial charge in [0.25, 0.3) is 0 Å². The van der Waals surface area contributed by atoms with Gasteiger partial charge in [0.1, 0.15) is 23.9 Å². The van der Waals surface area contributed by atoms with Gasteiger partial charge >= 0.3 is 5.97 Å². The van der Waals surface area contributed by atoms with Gasteiger partial charge in [0.05, 0.1) is 12.2 Å². The van der Waals surface area contributed by atoms with Crippen LogP contribution in [-0.4, -0.2) is 49.2 Å². The van der Waals surface area contributed by atoms with Gasteiger partial charge in [0.2, 0.25) is 5.82 Å². The minimum atomic E-state index is -0.959. The van der Waals surface area contributed by atoms with Crippen LogP contribution in [-0.2, 0) is 17.8 Å². The Morgan fingerprint density at radius 3 is 2.45 bits per heavy atom. The van der Waals surface area contributed by atoms with Crippen LogP contribution in [0.5, 0.6) is 17.2 Å². The van der Waals surface area contributed by atoms with Gasteiger partial charge < -0.3 is 19.7 Å². The minimum Gasteiger partial charge on any atom is -0.507 e. The van der Waals surface area contributed by atoms with Crippen molar-refractivity contribution in [1.82, 2.24) is 20.6 Å². The molecule has 0 fully saturated rings. The third kappa shape index (κ3) is 6.73. The van der Waals surface area contributed by atoms with Crippen molar-refractivity contribution >= 4 is 11.8 Å². The average molecular weight is 517 g/mol. The number of aromatic hydroxyl groups is 1. The fraction of sp³-hybridized carbons (Fsp3) is 0.250.